The van der Waals surface area contributed by atoms with Crippen LogP contribution in [0.4, 0.5) is 5.13 Å². The maximum absolute atomic E-state index is 12.8. The van der Waals surface area contributed by atoms with Gasteiger partial charge >= 0.3 is 0 Å². The Kier molecular flexibility index (Phi) is 5.97. The molecular formula is C21H24ClN3O4S2. The van der Waals surface area contributed by atoms with Crippen LogP contribution in [0.2, 0.25) is 5.02 Å². The molecule has 2 heterocycles. The minimum atomic E-state index is -3.61. The molecule has 7 nitrogen and oxygen atoms in total. The Balaban J connectivity index is 1.38. The maximum Gasteiger partial charge on any atom is 0.243 e. The number of benzene rings is 1. The molecule has 1 fully saturated rings. The molecule has 1 aromatic heterocycles. The van der Waals surface area contributed by atoms with Crippen molar-refractivity contribution in [2.24, 2.45) is 11.3 Å². The number of halogens is 1. The fraction of sp³-hybridized carbons (Fsp3) is 0.476. The van der Waals surface area contributed by atoms with Crippen molar-refractivity contribution in [3.63, 3.8) is 0 Å². The zero-order valence-corrected chi connectivity index (χ0v) is 19.7. The van der Waals surface area contributed by atoms with Crippen LogP contribution in [0.15, 0.2) is 29.2 Å². The number of nitrogens with zero attached hydrogens (tertiary/aromatic N) is 2. The number of hydrogen-bond acceptors (Lipinski definition) is 6. The standard InChI is InChI=1S/C21H24ClN3O4S2/c1-21(2)11-16-18(17(26)12-21)30-20(23-16)24-19(27)13-7-9-25(10-8-13)31(28,29)15-5-3-14(22)4-6-15/h3-6,13H,7-12H2,1-2H3,(H,23,24,27). The zero-order valence-electron chi connectivity index (χ0n) is 17.4. The molecule has 0 unspecified atom stereocenters. The topological polar surface area (TPSA) is 96.4 Å². The Bertz CT molecular complexity index is 1120. The van der Waals surface area contributed by atoms with Crippen molar-refractivity contribution in [2.45, 2.75) is 44.4 Å². The number of sulfonamides is 1. The van der Waals surface area contributed by atoms with E-state index < -0.39 is 10.0 Å². The van der Waals surface area contributed by atoms with Gasteiger partial charge in [-0.3, -0.25) is 9.59 Å². The predicted octanol–water partition coefficient (Wildman–Crippen LogP) is 3.99. The molecule has 0 radical (unpaired) electrons. The third-order valence-corrected chi connectivity index (χ3v) is 8.96. The van der Waals surface area contributed by atoms with Crippen molar-refractivity contribution >= 4 is 49.8 Å². The number of anilines is 1. The van der Waals surface area contributed by atoms with Crippen LogP contribution in [0.25, 0.3) is 0 Å². The van der Waals surface area contributed by atoms with Crippen LogP contribution in [0.1, 0.15) is 48.5 Å². The number of piperidine rings is 1. The lowest BCUT2D eigenvalue weighted by molar-refractivity contribution is -0.120. The van der Waals surface area contributed by atoms with Gasteiger partial charge in [-0.1, -0.05) is 36.8 Å². The van der Waals surface area contributed by atoms with Gasteiger partial charge in [0.2, 0.25) is 15.9 Å². The SMILES string of the molecule is CC1(C)CC(=O)c2sc(NC(=O)C3CCN(S(=O)(=O)c4ccc(Cl)cc4)CC3)nc2C1. The second-order valence-electron chi connectivity index (χ2n) is 8.86. The minimum Gasteiger partial charge on any atom is -0.302 e. The van der Waals surface area contributed by atoms with Crippen LogP contribution in [0.5, 0.6) is 0 Å². The van der Waals surface area contributed by atoms with Gasteiger partial charge in [-0.2, -0.15) is 4.31 Å². The molecule has 1 aromatic carbocycles. The number of aromatic nitrogens is 1. The van der Waals surface area contributed by atoms with Crippen LogP contribution < -0.4 is 5.32 Å². The first-order chi connectivity index (χ1) is 14.5. The number of nitrogens with one attached hydrogen (secondary N) is 1. The second-order valence-corrected chi connectivity index (χ2v) is 12.2. The number of fused-ring (bicyclic) bond motifs is 1. The predicted molar refractivity (Wildman–Crippen MR) is 120 cm³/mol. The monoisotopic (exact) mass is 481 g/mol. The van der Waals surface area contributed by atoms with Gasteiger partial charge in [0.1, 0.15) is 0 Å². The minimum absolute atomic E-state index is 0.0740. The average Bonchev–Trinajstić information content (AvgIpc) is 3.09. The van der Waals surface area contributed by atoms with Gasteiger partial charge in [-0.05, 0) is 48.9 Å². The van der Waals surface area contributed by atoms with Gasteiger partial charge in [0.25, 0.3) is 0 Å². The first-order valence-corrected chi connectivity index (χ1v) is 12.8. The van der Waals surface area contributed by atoms with E-state index in [1.165, 1.54) is 27.8 Å². The lowest BCUT2D eigenvalue weighted by atomic mass is 9.78. The highest BCUT2D eigenvalue weighted by atomic mass is 35.5. The molecule has 10 heteroatoms. The molecule has 1 saturated heterocycles. The van der Waals surface area contributed by atoms with Gasteiger partial charge in [0.05, 0.1) is 15.5 Å². The number of Topliss-reactive ketones (excluding diaryl/α,β-unsaturated/α-hetero) is 1. The van der Waals surface area contributed by atoms with Crippen LogP contribution in [0.3, 0.4) is 0 Å². The molecule has 0 bridgehead atoms. The summed E-state index contributed by atoms with van der Waals surface area (Å²) in [5.74, 6) is -0.406. The lowest BCUT2D eigenvalue weighted by Crippen LogP contribution is -2.41. The van der Waals surface area contributed by atoms with E-state index in [1.807, 2.05) is 13.8 Å². The Morgan fingerprint density at radius 1 is 1.19 bits per heavy atom. The van der Waals surface area contributed by atoms with Gasteiger partial charge in [0, 0.05) is 30.5 Å². The first-order valence-electron chi connectivity index (χ1n) is 10.1. The third-order valence-electron chi connectivity index (χ3n) is 5.74. The number of hydrogen-bond donors (Lipinski definition) is 1. The summed E-state index contributed by atoms with van der Waals surface area (Å²) in [6, 6.07) is 6.08. The van der Waals surface area contributed by atoms with Crippen molar-refractivity contribution in [3.8, 4) is 0 Å². The number of ketones is 1. The smallest absolute Gasteiger partial charge is 0.243 e. The van der Waals surface area contributed by atoms with E-state index in [2.05, 4.69) is 10.3 Å². The molecular weight excluding hydrogens is 458 g/mol. The quantitative estimate of drug-likeness (QED) is 0.712. The summed E-state index contributed by atoms with van der Waals surface area (Å²) in [7, 11) is -3.61. The molecule has 2 aromatic rings. The molecule has 0 saturated carbocycles. The average molecular weight is 482 g/mol. The van der Waals surface area contributed by atoms with Gasteiger partial charge in [0.15, 0.2) is 10.9 Å². The highest BCUT2D eigenvalue weighted by Crippen LogP contribution is 2.38. The molecule has 0 atom stereocenters. The summed E-state index contributed by atoms with van der Waals surface area (Å²) in [5.41, 5.74) is 0.632. The van der Waals surface area contributed by atoms with Crippen molar-refractivity contribution in [1.82, 2.24) is 9.29 Å². The number of rotatable bonds is 4. The third kappa shape index (κ3) is 4.69. The fourth-order valence-corrected chi connectivity index (χ4v) is 6.61. The molecule has 1 aliphatic heterocycles. The van der Waals surface area contributed by atoms with Crippen LogP contribution in [0, 0.1) is 11.3 Å². The van der Waals surface area contributed by atoms with Gasteiger partial charge in [-0.15, -0.1) is 0 Å². The number of carbonyl (C=O) groups excluding carboxylic acids is 2. The van der Waals surface area contributed by atoms with Gasteiger partial charge in [-0.25, -0.2) is 13.4 Å². The molecule has 0 spiro atoms. The van der Waals surface area contributed by atoms with E-state index in [0.717, 1.165) is 5.69 Å². The van der Waals surface area contributed by atoms with Crippen molar-refractivity contribution in [2.75, 3.05) is 18.4 Å². The second kappa shape index (κ2) is 8.27. The van der Waals surface area contributed by atoms with E-state index in [-0.39, 0.29) is 41.0 Å². The van der Waals surface area contributed by atoms with E-state index in [1.54, 1.807) is 12.1 Å². The molecule has 1 aliphatic carbocycles. The Morgan fingerprint density at radius 3 is 2.48 bits per heavy atom. The van der Waals surface area contributed by atoms with Crippen LogP contribution in [-0.2, 0) is 21.2 Å². The summed E-state index contributed by atoms with van der Waals surface area (Å²) in [4.78, 5) is 30.4. The highest BCUT2D eigenvalue weighted by molar-refractivity contribution is 7.89. The summed E-state index contributed by atoms with van der Waals surface area (Å²) in [6.07, 6.45) is 2.04. The van der Waals surface area contributed by atoms with Gasteiger partial charge < -0.3 is 5.32 Å². The van der Waals surface area contributed by atoms with Crippen LogP contribution in [-0.4, -0.2) is 42.5 Å². The zero-order chi connectivity index (χ0) is 22.4. The van der Waals surface area contributed by atoms with Crippen molar-refractivity contribution in [3.05, 3.63) is 39.9 Å². The highest BCUT2D eigenvalue weighted by Gasteiger charge is 2.35. The molecule has 166 valence electrons. The lowest BCUT2D eigenvalue weighted by Gasteiger charge is -2.30. The fourth-order valence-electron chi connectivity index (χ4n) is 4.10. The number of thiazole rings is 1. The number of amides is 1. The first kappa shape index (κ1) is 22.4. The van der Waals surface area contributed by atoms with E-state index >= 15 is 0 Å². The van der Waals surface area contributed by atoms with Crippen molar-refractivity contribution < 1.29 is 18.0 Å². The maximum atomic E-state index is 12.8. The normalized spacial score (nSPS) is 19.8. The molecule has 31 heavy (non-hydrogen) atoms. The Labute approximate surface area is 190 Å². The molecule has 1 amide bonds. The van der Waals surface area contributed by atoms with Crippen molar-refractivity contribution in [1.29, 1.82) is 0 Å². The van der Waals surface area contributed by atoms with E-state index in [9.17, 15) is 18.0 Å². The molecule has 4 rings (SSSR count). The van der Waals surface area contributed by atoms with E-state index in [0.29, 0.717) is 40.7 Å². The largest absolute Gasteiger partial charge is 0.302 e. The van der Waals surface area contributed by atoms with Crippen LogP contribution >= 0.6 is 22.9 Å². The Morgan fingerprint density at radius 2 is 1.84 bits per heavy atom. The summed E-state index contributed by atoms with van der Waals surface area (Å²) in [6.45, 7) is 4.61. The molecule has 1 N–H and O–H groups in total. The Hall–Kier alpha value is -1.81. The summed E-state index contributed by atoms with van der Waals surface area (Å²) in [5, 5.41) is 3.76. The summed E-state index contributed by atoms with van der Waals surface area (Å²) < 4.78 is 27.0. The summed E-state index contributed by atoms with van der Waals surface area (Å²) >= 11 is 7.08. The number of carbonyl (C=O) groups is 2. The van der Waals surface area contributed by atoms with E-state index in [4.69, 9.17) is 11.6 Å². The molecule has 2 aliphatic rings.